The molecule has 0 amide bonds. The van der Waals surface area contributed by atoms with Crippen LogP contribution < -0.4 is 5.73 Å². The third-order valence-corrected chi connectivity index (χ3v) is 2.99. The Labute approximate surface area is 83.1 Å². The van der Waals surface area contributed by atoms with Crippen molar-refractivity contribution in [1.29, 1.82) is 0 Å². The minimum atomic E-state index is -0.279. The molecule has 1 heterocycles. The smallest absolute Gasteiger partial charge is 0.205 e. The van der Waals surface area contributed by atoms with E-state index in [-0.39, 0.29) is 11.2 Å². The summed E-state index contributed by atoms with van der Waals surface area (Å²) in [6.45, 7) is 3.23. The van der Waals surface area contributed by atoms with Crippen molar-refractivity contribution in [3.63, 3.8) is 0 Å². The van der Waals surface area contributed by atoms with Crippen molar-refractivity contribution < 1.29 is 4.79 Å². The van der Waals surface area contributed by atoms with Gasteiger partial charge in [-0.1, -0.05) is 0 Å². The third-order valence-electron chi connectivity index (χ3n) is 2.99. The second kappa shape index (κ2) is 3.20. The summed E-state index contributed by atoms with van der Waals surface area (Å²) in [5, 5.41) is 0. The van der Waals surface area contributed by atoms with E-state index in [2.05, 4.69) is 4.98 Å². The molecule has 1 aliphatic carbocycles. The molecule has 1 aromatic rings. The number of rotatable bonds is 4. The Morgan fingerprint density at radius 3 is 2.93 bits per heavy atom. The highest BCUT2D eigenvalue weighted by Crippen LogP contribution is 2.46. The molecule has 0 saturated heterocycles. The second-order valence-corrected chi connectivity index (χ2v) is 3.85. The fraction of sp³-hybridized carbons (Fsp3) is 0.600. The van der Waals surface area contributed by atoms with Gasteiger partial charge < -0.3 is 10.3 Å². The Bertz CT molecular complexity index is 352. The molecule has 0 spiro atoms. The Morgan fingerprint density at radius 1 is 1.71 bits per heavy atom. The summed E-state index contributed by atoms with van der Waals surface area (Å²) in [6, 6.07) is 0. The fourth-order valence-corrected chi connectivity index (χ4v) is 1.69. The van der Waals surface area contributed by atoms with Gasteiger partial charge in [-0.15, -0.1) is 0 Å². The molecule has 0 bridgehead atoms. The lowest BCUT2D eigenvalue weighted by Crippen LogP contribution is -2.27. The number of nitrogens with zero attached hydrogens (tertiary/aromatic N) is 2. The Morgan fingerprint density at radius 2 is 2.43 bits per heavy atom. The SMILES string of the molecule is CCn1ccnc1C(=O)C1(CN)CC1. The molecule has 2 N–H and O–H groups in total. The quantitative estimate of drug-likeness (QED) is 0.720. The van der Waals surface area contributed by atoms with Gasteiger partial charge in [0.1, 0.15) is 0 Å². The lowest BCUT2D eigenvalue weighted by Gasteiger charge is -2.11. The number of nitrogens with two attached hydrogens (primary N) is 1. The highest BCUT2D eigenvalue weighted by molar-refractivity contribution is 5.99. The average molecular weight is 193 g/mol. The molecule has 1 aliphatic rings. The summed E-state index contributed by atoms with van der Waals surface area (Å²) in [7, 11) is 0. The van der Waals surface area contributed by atoms with Gasteiger partial charge in [0, 0.05) is 30.9 Å². The number of aromatic nitrogens is 2. The zero-order valence-corrected chi connectivity index (χ0v) is 8.36. The fourth-order valence-electron chi connectivity index (χ4n) is 1.69. The summed E-state index contributed by atoms with van der Waals surface area (Å²) >= 11 is 0. The van der Waals surface area contributed by atoms with Crippen LogP contribution in [0.1, 0.15) is 30.4 Å². The van der Waals surface area contributed by atoms with Gasteiger partial charge in [0.25, 0.3) is 0 Å². The van der Waals surface area contributed by atoms with Crippen LogP contribution in [-0.4, -0.2) is 21.9 Å². The van der Waals surface area contributed by atoms with Crippen molar-refractivity contribution in [2.24, 2.45) is 11.1 Å². The highest BCUT2D eigenvalue weighted by Gasteiger charge is 2.49. The second-order valence-electron chi connectivity index (χ2n) is 3.85. The van der Waals surface area contributed by atoms with Gasteiger partial charge in [-0.2, -0.15) is 0 Å². The van der Waals surface area contributed by atoms with Crippen LogP contribution in [0.4, 0.5) is 0 Å². The number of hydrogen-bond acceptors (Lipinski definition) is 3. The largest absolute Gasteiger partial charge is 0.329 e. The van der Waals surface area contributed by atoms with Crippen molar-refractivity contribution in [1.82, 2.24) is 9.55 Å². The molecule has 0 atom stereocenters. The van der Waals surface area contributed by atoms with Crippen molar-refractivity contribution in [2.45, 2.75) is 26.3 Å². The normalized spacial score (nSPS) is 18.1. The van der Waals surface area contributed by atoms with Crippen LogP contribution >= 0.6 is 0 Å². The summed E-state index contributed by atoms with van der Waals surface area (Å²) in [4.78, 5) is 16.1. The van der Waals surface area contributed by atoms with E-state index in [9.17, 15) is 4.79 Å². The number of Topliss-reactive ketones (excluding diaryl/α,β-unsaturated/α-hetero) is 1. The van der Waals surface area contributed by atoms with E-state index in [1.165, 1.54) is 0 Å². The van der Waals surface area contributed by atoms with E-state index < -0.39 is 0 Å². The number of ketones is 1. The molecule has 1 saturated carbocycles. The van der Waals surface area contributed by atoms with Gasteiger partial charge in [-0.3, -0.25) is 4.79 Å². The molecule has 0 aromatic carbocycles. The zero-order chi connectivity index (χ0) is 10.2. The van der Waals surface area contributed by atoms with Gasteiger partial charge in [0.15, 0.2) is 5.82 Å². The van der Waals surface area contributed by atoms with Gasteiger partial charge in [0.05, 0.1) is 0 Å². The lowest BCUT2D eigenvalue weighted by molar-refractivity contribution is 0.0890. The van der Waals surface area contributed by atoms with Crippen LogP contribution in [0.2, 0.25) is 0 Å². The first-order valence-corrected chi connectivity index (χ1v) is 4.99. The van der Waals surface area contributed by atoms with Gasteiger partial charge in [0.2, 0.25) is 5.78 Å². The van der Waals surface area contributed by atoms with Crippen molar-refractivity contribution in [2.75, 3.05) is 6.54 Å². The monoisotopic (exact) mass is 193 g/mol. The van der Waals surface area contributed by atoms with Gasteiger partial charge >= 0.3 is 0 Å². The Kier molecular flexibility index (Phi) is 2.15. The zero-order valence-electron chi connectivity index (χ0n) is 8.36. The molecular weight excluding hydrogens is 178 g/mol. The Balaban J connectivity index is 2.27. The molecular formula is C10H15N3O. The van der Waals surface area contributed by atoms with Gasteiger partial charge in [-0.25, -0.2) is 4.98 Å². The number of aryl methyl sites for hydroxylation is 1. The number of carbonyl (C=O) groups is 1. The van der Waals surface area contributed by atoms with Crippen LogP contribution in [0.15, 0.2) is 12.4 Å². The first kappa shape index (κ1) is 9.40. The molecule has 2 rings (SSSR count). The van der Waals surface area contributed by atoms with Crippen LogP contribution in [-0.2, 0) is 6.54 Å². The van der Waals surface area contributed by atoms with Crippen molar-refractivity contribution in [3.05, 3.63) is 18.2 Å². The molecule has 1 fully saturated rings. The first-order valence-electron chi connectivity index (χ1n) is 4.99. The third kappa shape index (κ3) is 1.26. The topological polar surface area (TPSA) is 60.9 Å². The van der Waals surface area contributed by atoms with E-state index in [1.54, 1.807) is 6.20 Å². The molecule has 14 heavy (non-hydrogen) atoms. The number of imidazole rings is 1. The van der Waals surface area contributed by atoms with Crippen molar-refractivity contribution in [3.8, 4) is 0 Å². The summed E-state index contributed by atoms with van der Waals surface area (Å²) in [5.41, 5.74) is 5.33. The lowest BCUT2D eigenvalue weighted by atomic mass is 10.0. The summed E-state index contributed by atoms with van der Waals surface area (Å²) in [5.74, 6) is 0.683. The van der Waals surface area contributed by atoms with E-state index in [1.807, 2.05) is 17.7 Å². The predicted molar refractivity (Wildman–Crippen MR) is 53.0 cm³/mol. The van der Waals surface area contributed by atoms with Crippen LogP contribution in [0.3, 0.4) is 0 Å². The number of carbonyl (C=O) groups excluding carboxylic acids is 1. The van der Waals surface area contributed by atoms with E-state index in [0.717, 1.165) is 19.4 Å². The maximum atomic E-state index is 12.0. The van der Waals surface area contributed by atoms with Crippen LogP contribution in [0.5, 0.6) is 0 Å². The van der Waals surface area contributed by atoms with E-state index >= 15 is 0 Å². The minimum absolute atomic E-state index is 0.117. The molecule has 4 nitrogen and oxygen atoms in total. The predicted octanol–water partition coefficient (Wildman–Crippen LogP) is 0.825. The van der Waals surface area contributed by atoms with E-state index in [4.69, 9.17) is 5.73 Å². The molecule has 4 heteroatoms. The standard InChI is InChI=1S/C10H15N3O/c1-2-13-6-5-12-9(13)8(14)10(7-11)3-4-10/h5-6H,2-4,7,11H2,1H3. The molecule has 0 unspecified atom stereocenters. The minimum Gasteiger partial charge on any atom is -0.329 e. The maximum Gasteiger partial charge on any atom is 0.205 e. The van der Waals surface area contributed by atoms with Crippen LogP contribution in [0, 0.1) is 5.41 Å². The molecule has 0 radical (unpaired) electrons. The number of hydrogen-bond donors (Lipinski definition) is 1. The molecule has 1 aromatic heterocycles. The average Bonchev–Trinajstić information content (AvgIpc) is 2.87. The van der Waals surface area contributed by atoms with E-state index in [0.29, 0.717) is 12.4 Å². The van der Waals surface area contributed by atoms with Crippen molar-refractivity contribution >= 4 is 5.78 Å². The van der Waals surface area contributed by atoms with Crippen LogP contribution in [0.25, 0.3) is 0 Å². The molecule has 0 aliphatic heterocycles. The maximum absolute atomic E-state index is 12.0. The molecule has 76 valence electrons. The summed E-state index contributed by atoms with van der Waals surface area (Å²) in [6.07, 6.45) is 5.33. The summed E-state index contributed by atoms with van der Waals surface area (Å²) < 4.78 is 1.87. The van der Waals surface area contributed by atoms with Gasteiger partial charge in [-0.05, 0) is 19.8 Å². The first-order chi connectivity index (χ1) is 6.73. The Hall–Kier alpha value is -1.16. The highest BCUT2D eigenvalue weighted by atomic mass is 16.1.